The summed E-state index contributed by atoms with van der Waals surface area (Å²) in [7, 11) is 0. The molecule has 1 heterocycles. The summed E-state index contributed by atoms with van der Waals surface area (Å²) in [5.41, 5.74) is 7.80. The average Bonchev–Trinajstić information content (AvgIpc) is 2.40. The van der Waals surface area contributed by atoms with Crippen LogP contribution in [0.15, 0.2) is 41.0 Å². The highest BCUT2D eigenvalue weighted by molar-refractivity contribution is 9.10. The molecule has 0 atom stereocenters. The van der Waals surface area contributed by atoms with Crippen LogP contribution in [-0.2, 0) is 6.42 Å². The number of anilines is 2. The Bertz CT molecular complexity index is 560. The summed E-state index contributed by atoms with van der Waals surface area (Å²) in [6.45, 7) is 0.710. The predicted molar refractivity (Wildman–Crippen MR) is 84.0 cm³/mol. The van der Waals surface area contributed by atoms with Crippen molar-refractivity contribution in [3.63, 3.8) is 0 Å². The number of hydrogen-bond donors (Lipinski definition) is 2. The lowest BCUT2D eigenvalue weighted by Gasteiger charge is -2.09. The Morgan fingerprint density at radius 1 is 1.32 bits per heavy atom. The molecule has 1 aromatic heterocycles. The van der Waals surface area contributed by atoms with Crippen molar-refractivity contribution in [3.05, 3.63) is 51.6 Å². The van der Waals surface area contributed by atoms with Crippen LogP contribution < -0.4 is 11.1 Å². The van der Waals surface area contributed by atoms with E-state index in [4.69, 9.17) is 17.3 Å². The Morgan fingerprint density at radius 3 is 2.89 bits per heavy atom. The van der Waals surface area contributed by atoms with E-state index in [1.165, 1.54) is 5.56 Å². The van der Waals surface area contributed by atoms with Crippen LogP contribution >= 0.6 is 27.5 Å². The van der Waals surface area contributed by atoms with E-state index in [-0.39, 0.29) is 0 Å². The van der Waals surface area contributed by atoms with E-state index in [1.807, 2.05) is 18.2 Å². The van der Waals surface area contributed by atoms with Gasteiger partial charge in [0.05, 0.1) is 9.50 Å². The molecule has 0 spiro atoms. The molecule has 0 aliphatic rings. The first-order valence-electron chi connectivity index (χ1n) is 6.06. The highest BCUT2D eigenvalue weighted by atomic mass is 79.9. The van der Waals surface area contributed by atoms with Crippen molar-refractivity contribution >= 4 is 39.0 Å². The van der Waals surface area contributed by atoms with Gasteiger partial charge in [-0.1, -0.05) is 23.7 Å². The van der Waals surface area contributed by atoms with Crippen LogP contribution in [0.4, 0.5) is 11.5 Å². The van der Waals surface area contributed by atoms with E-state index in [2.05, 4.69) is 38.4 Å². The Labute approximate surface area is 126 Å². The molecule has 0 radical (unpaired) electrons. The topological polar surface area (TPSA) is 50.9 Å². The van der Waals surface area contributed by atoms with Crippen molar-refractivity contribution in [2.45, 2.75) is 12.8 Å². The number of pyridine rings is 1. The minimum absolute atomic E-state index is 0.606. The third-order valence-corrected chi connectivity index (χ3v) is 3.48. The maximum absolute atomic E-state index is 5.87. The first kappa shape index (κ1) is 14.3. The third kappa shape index (κ3) is 4.20. The molecule has 2 rings (SSSR count). The summed E-state index contributed by atoms with van der Waals surface area (Å²) in [5.74, 6) is 0.750. The maximum atomic E-state index is 5.87. The lowest BCUT2D eigenvalue weighted by Crippen LogP contribution is -2.01. The Balaban J connectivity index is 2.14. The second kappa shape index (κ2) is 6.89. The summed E-state index contributed by atoms with van der Waals surface area (Å²) in [4.78, 5) is 4.25. The van der Waals surface area contributed by atoms with E-state index < -0.39 is 0 Å². The fourth-order valence-corrected chi connectivity index (χ4v) is 2.49. The molecule has 0 bridgehead atoms. The highest BCUT2D eigenvalue weighted by Gasteiger charge is 2.03. The Morgan fingerprint density at radius 2 is 2.16 bits per heavy atom. The summed E-state index contributed by atoms with van der Waals surface area (Å²) in [6, 6.07) is 10.1. The number of rotatable bonds is 5. The summed E-state index contributed by atoms with van der Waals surface area (Å²) < 4.78 is 0.840. The minimum Gasteiger partial charge on any atom is -0.339 e. The number of halogens is 2. The normalized spacial score (nSPS) is 10.5. The lowest BCUT2D eigenvalue weighted by molar-refractivity contribution is 0.833. The zero-order valence-corrected chi connectivity index (χ0v) is 12.7. The smallest absolute Gasteiger partial charge is 0.144 e. The van der Waals surface area contributed by atoms with Gasteiger partial charge < -0.3 is 11.1 Å². The van der Waals surface area contributed by atoms with E-state index >= 15 is 0 Å². The molecule has 3 nitrogen and oxygen atoms in total. The van der Waals surface area contributed by atoms with Crippen LogP contribution in [0.3, 0.4) is 0 Å². The standard InChI is InChI=1S/C14H15BrClN3/c15-13-8-11(16)9-18-14(13)19-12-5-1-3-10(7-12)4-2-6-17/h1,3,5,7-9H,2,4,6,17H2,(H,18,19). The van der Waals surface area contributed by atoms with Gasteiger partial charge in [0.1, 0.15) is 5.82 Å². The Kier molecular flexibility index (Phi) is 5.19. The van der Waals surface area contributed by atoms with Crippen LogP contribution in [0, 0.1) is 0 Å². The highest BCUT2D eigenvalue weighted by Crippen LogP contribution is 2.26. The molecule has 1 aromatic carbocycles. The number of aryl methyl sites for hydroxylation is 1. The number of nitrogens with two attached hydrogens (primary N) is 1. The largest absolute Gasteiger partial charge is 0.339 e. The minimum atomic E-state index is 0.606. The van der Waals surface area contributed by atoms with Crippen LogP contribution in [0.25, 0.3) is 0 Å². The van der Waals surface area contributed by atoms with Crippen LogP contribution in [0.2, 0.25) is 5.02 Å². The monoisotopic (exact) mass is 339 g/mol. The SMILES string of the molecule is NCCCc1cccc(Nc2ncc(Cl)cc2Br)c1. The van der Waals surface area contributed by atoms with Gasteiger partial charge in [-0.2, -0.15) is 0 Å². The first-order chi connectivity index (χ1) is 9.19. The second-order valence-corrected chi connectivity index (χ2v) is 5.49. The van der Waals surface area contributed by atoms with Gasteiger partial charge in [-0.15, -0.1) is 0 Å². The van der Waals surface area contributed by atoms with Gasteiger partial charge in [-0.05, 0) is 59.1 Å². The van der Waals surface area contributed by atoms with Crippen molar-refractivity contribution in [3.8, 4) is 0 Å². The molecule has 2 aromatic rings. The number of benzene rings is 1. The molecule has 0 fully saturated rings. The van der Waals surface area contributed by atoms with Gasteiger partial charge in [0.2, 0.25) is 0 Å². The van der Waals surface area contributed by atoms with Crippen molar-refractivity contribution < 1.29 is 0 Å². The zero-order chi connectivity index (χ0) is 13.7. The molecule has 5 heteroatoms. The van der Waals surface area contributed by atoms with Crippen LogP contribution in [0.5, 0.6) is 0 Å². The number of nitrogens with zero attached hydrogens (tertiary/aromatic N) is 1. The van der Waals surface area contributed by atoms with Gasteiger partial charge in [-0.3, -0.25) is 0 Å². The fraction of sp³-hybridized carbons (Fsp3) is 0.214. The Hall–Kier alpha value is -1.10. The molecule has 0 aliphatic heterocycles. The number of hydrogen-bond acceptors (Lipinski definition) is 3. The van der Waals surface area contributed by atoms with E-state index in [0.717, 1.165) is 28.8 Å². The molecular formula is C14H15BrClN3. The first-order valence-corrected chi connectivity index (χ1v) is 7.23. The fourth-order valence-electron chi connectivity index (χ4n) is 1.75. The van der Waals surface area contributed by atoms with Crippen LogP contribution in [-0.4, -0.2) is 11.5 Å². The molecule has 0 unspecified atom stereocenters. The van der Waals surface area contributed by atoms with Crippen molar-refractivity contribution in [1.29, 1.82) is 0 Å². The molecule has 0 saturated heterocycles. The van der Waals surface area contributed by atoms with Gasteiger partial charge in [0, 0.05) is 11.9 Å². The number of nitrogens with one attached hydrogen (secondary N) is 1. The maximum Gasteiger partial charge on any atom is 0.144 e. The average molecular weight is 341 g/mol. The zero-order valence-electron chi connectivity index (χ0n) is 10.4. The summed E-state index contributed by atoms with van der Waals surface area (Å²) in [6.07, 6.45) is 3.60. The van der Waals surface area contributed by atoms with E-state index in [0.29, 0.717) is 11.6 Å². The van der Waals surface area contributed by atoms with Crippen molar-refractivity contribution in [2.75, 3.05) is 11.9 Å². The van der Waals surface area contributed by atoms with E-state index in [1.54, 1.807) is 6.20 Å². The van der Waals surface area contributed by atoms with Gasteiger partial charge in [0.25, 0.3) is 0 Å². The van der Waals surface area contributed by atoms with Gasteiger partial charge in [-0.25, -0.2) is 4.98 Å². The van der Waals surface area contributed by atoms with Crippen LogP contribution in [0.1, 0.15) is 12.0 Å². The lowest BCUT2D eigenvalue weighted by atomic mass is 10.1. The molecule has 3 N–H and O–H groups in total. The summed E-state index contributed by atoms with van der Waals surface area (Å²) >= 11 is 9.31. The molecular weight excluding hydrogens is 326 g/mol. The summed E-state index contributed by atoms with van der Waals surface area (Å²) in [5, 5.41) is 3.87. The molecule has 0 amide bonds. The quantitative estimate of drug-likeness (QED) is 0.860. The molecule has 100 valence electrons. The third-order valence-electron chi connectivity index (χ3n) is 2.67. The molecule has 0 saturated carbocycles. The van der Waals surface area contributed by atoms with E-state index in [9.17, 15) is 0 Å². The predicted octanol–water partition coefficient (Wildman–Crippen LogP) is 4.13. The number of aromatic nitrogens is 1. The van der Waals surface area contributed by atoms with Crippen molar-refractivity contribution in [2.24, 2.45) is 5.73 Å². The van der Waals surface area contributed by atoms with Gasteiger partial charge >= 0.3 is 0 Å². The van der Waals surface area contributed by atoms with Crippen molar-refractivity contribution in [1.82, 2.24) is 4.98 Å². The van der Waals surface area contributed by atoms with Gasteiger partial charge in [0.15, 0.2) is 0 Å². The second-order valence-electron chi connectivity index (χ2n) is 4.20. The molecule has 19 heavy (non-hydrogen) atoms. The molecule has 0 aliphatic carbocycles.